The van der Waals surface area contributed by atoms with Gasteiger partial charge < -0.3 is 14.5 Å². The molecule has 0 radical (unpaired) electrons. The Bertz CT molecular complexity index is 494. The molecule has 21 heavy (non-hydrogen) atoms. The number of ether oxygens (including phenoxy) is 1. The Morgan fingerprint density at radius 3 is 2.29 bits per heavy atom. The van der Waals surface area contributed by atoms with E-state index >= 15 is 0 Å². The number of nitrogens with zero attached hydrogens (tertiary/aromatic N) is 5. The molecule has 116 valence electrons. The molecule has 7 heteroatoms. The monoisotopic (exact) mass is 311 g/mol. The summed E-state index contributed by atoms with van der Waals surface area (Å²) >= 11 is 6.11. The summed E-state index contributed by atoms with van der Waals surface area (Å²) in [6, 6.07) is 0. The van der Waals surface area contributed by atoms with Crippen molar-refractivity contribution in [3.05, 3.63) is 5.28 Å². The summed E-state index contributed by atoms with van der Waals surface area (Å²) in [5, 5.41) is 0.271. The van der Waals surface area contributed by atoms with Crippen molar-refractivity contribution in [2.75, 3.05) is 49.2 Å². The zero-order valence-electron chi connectivity index (χ0n) is 12.6. The maximum Gasteiger partial charge on any atom is 0.231 e. The standard InChI is InChI=1S/C14H22ClN5O/c1-10-3-4-20(9-11(10)2)14-17-12(15)16-13(18-14)19-5-7-21-8-6-19/h10-11H,3-9H2,1-2H3. The van der Waals surface area contributed by atoms with Gasteiger partial charge >= 0.3 is 0 Å². The topological polar surface area (TPSA) is 54.4 Å². The van der Waals surface area contributed by atoms with Gasteiger partial charge in [-0.05, 0) is 29.9 Å². The zero-order valence-corrected chi connectivity index (χ0v) is 13.4. The molecule has 6 nitrogen and oxygen atoms in total. The van der Waals surface area contributed by atoms with Crippen molar-refractivity contribution in [2.45, 2.75) is 20.3 Å². The fraction of sp³-hybridized carbons (Fsp3) is 0.786. The van der Waals surface area contributed by atoms with E-state index in [9.17, 15) is 0 Å². The van der Waals surface area contributed by atoms with Gasteiger partial charge in [-0.1, -0.05) is 13.8 Å². The molecule has 2 fully saturated rings. The van der Waals surface area contributed by atoms with Crippen molar-refractivity contribution in [2.24, 2.45) is 11.8 Å². The Balaban J connectivity index is 1.80. The van der Waals surface area contributed by atoms with E-state index in [2.05, 4.69) is 38.6 Å². The molecule has 0 amide bonds. The fourth-order valence-electron chi connectivity index (χ4n) is 2.82. The van der Waals surface area contributed by atoms with Gasteiger partial charge in [0.25, 0.3) is 0 Å². The quantitative estimate of drug-likeness (QED) is 0.831. The molecule has 0 saturated carbocycles. The second kappa shape index (κ2) is 6.32. The van der Waals surface area contributed by atoms with Crippen molar-refractivity contribution in [3.63, 3.8) is 0 Å². The van der Waals surface area contributed by atoms with Crippen molar-refractivity contribution in [1.29, 1.82) is 0 Å². The van der Waals surface area contributed by atoms with E-state index in [-0.39, 0.29) is 5.28 Å². The number of piperidine rings is 1. The lowest BCUT2D eigenvalue weighted by Gasteiger charge is -2.35. The van der Waals surface area contributed by atoms with Crippen molar-refractivity contribution in [1.82, 2.24) is 15.0 Å². The molecule has 3 heterocycles. The van der Waals surface area contributed by atoms with Gasteiger partial charge in [-0.2, -0.15) is 15.0 Å². The molecule has 3 rings (SSSR count). The number of aromatic nitrogens is 3. The Morgan fingerprint density at radius 2 is 1.62 bits per heavy atom. The smallest absolute Gasteiger partial charge is 0.231 e. The van der Waals surface area contributed by atoms with Gasteiger partial charge in [0.15, 0.2) is 0 Å². The average molecular weight is 312 g/mol. The highest BCUT2D eigenvalue weighted by Gasteiger charge is 2.25. The molecule has 0 aliphatic carbocycles. The van der Waals surface area contributed by atoms with E-state index in [1.54, 1.807) is 0 Å². The van der Waals surface area contributed by atoms with Gasteiger partial charge in [0, 0.05) is 26.2 Å². The van der Waals surface area contributed by atoms with Crippen molar-refractivity contribution >= 4 is 23.5 Å². The van der Waals surface area contributed by atoms with Crippen LogP contribution in [0.1, 0.15) is 20.3 Å². The molecular formula is C14H22ClN5O. The minimum Gasteiger partial charge on any atom is -0.378 e. The lowest BCUT2D eigenvalue weighted by atomic mass is 9.89. The second-order valence-corrected chi connectivity index (χ2v) is 6.33. The van der Waals surface area contributed by atoms with Gasteiger partial charge in [-0.3, -0.25) is 0 Å². The Morgan fingerprint density at radius 1 is 0.952 bits per heavy atom. The summed E-state index contributed by atoms with van der Waals surface area (Å²) in [7, 11) is 0. The maximum atomic E-state index is 6.11. The minimum absolute atomic E-state index is 0.271. The molecule has 0 aromatic carbocycles. The highest BCUT2D eigenvalue weighted by molar-refractivity contribution is 6.28. The first-order valence-electron chi connectivity index (χ1n) is 7.62. The molecule has 2 saturated heterocycles. The van der Waals surface area contributed by atoms with Crippen LogP contribution in [0.5, 0.6) is 0 Å². The average Bonchev–Trinajstić information content (AvgIpc) is 2.50. The number of anilines is 2. The van der Waals surface area contributed by atoms with Gasteiger partial charge in [0.2, 0.25) is 17.2 Å². The molecule has 2 unspecified atom stereocenters. The molecular weight excluding hydrogens is 290 g/mol. The van der Waals surface area contributed by atoms with E-state index in [1.807, 2.05) is 0 Å². The SMILES string of the molecule is CC1CCN(c2nc(Cl)nc(N3CCOCC3)n2)CC1C. The van der Waals surface area contributed by atoms with Gasteiger partial charge in [0.1, 0.15) is 0 Å². The van der Waals surface area contributed by atoms with Gasteiger partial charge in [-0.25, -0.2) is 0 Å². The fourth-order valence-corrected chi connectivity index (χ4v) is 2.97. The molecule has 0 N–H and O–H groups in total. The lowest BCUT2D eigenvalue weighted by Crippen LogP contribution is -2.41. The van der Waals surface area contributed by atoms with Crippen LogP contribution in [0.25, 0.3) is 0 Å². The first-order chi connectivity index (χ1) is 10.1. The van der Waals surface area contributed by atoms with E-state index in [0.717, 1.165) is 38.5 Å². The van der Waals surface area contributed by atoms with Crippen LogP contribution in [0.2, 0.25) is 5.28 Å². The predicted octanol–water partition coefficient (Wildman–Crippen LogP) is 1.84. The van der Waals surface area contributed by atoms with Crippen molar-refractivity contribution < 1.29 is 4.74 Å². The summed E-state index contributed by atoms with van der Waals surface area (Å²) in [6.45, 7) is 9.55. The predicted molar refractivity (Wildman–Crippen MR) is 83.0 cm³/mol. The Kier molecular flexibility index (Phi) is 4.45. The summed E-state index contributed by atoms with van der Waals surface area (Å²) in [5.41, 5.74) is 0. The molecule has 1 aromatic rings. The summed E-state index contributed by atoms with van der Waals surface area (Å²) in [6.07, 6.45) is 1.16. The minimum atomic E-state index is 0.271. The highest BCUT2D eigenvalue weighted by Crippen LogP contribution is 2.26. The van der Waals surface area contributed by atoms with Crippen LogP contribution in [0, 0.1) is 11.8 Å². The summed E-state index contributed by atoms with van der Waals surface area (Å²) < 4.78 is 5.37. The van der Waals surface area contributed by atoms with Gasteiger partial charge in [-0.15, -0.1) is 0 Å². The summed E-state index contributed by atoms with van der Waals surface area (Å²) in [4.78, 5) is 17.6. The van der Waals surface area contributed by atoms with Crippen LogP contribution in [-0.4, -0.2) is 54.3 Å². The largest absolute Gasteiger partial charge is 0.378 e. The van der Waals surface area contributed by atoms with E-state index < -0.39 is 0 Å². The van der Waals surface area contributed by atoms with E-state index in [0.29, 0.717) is 31.0 Å². The normalized spacial score (nSPS) is 27.0. The first kappa shape index (κ1) is 14.8. The van der Waals surface area contributed by atoms with Crippen LogP contribution >= 0.6 is 11.6 Å². The van der Waals surface area contributed by atoms with Crippen LogP contribution < -0.4 is 9.80 Å². The number of rotatable bonds is 2. The first-order valence-corrected chi connectivity index (χ1v) is 8.00. The molecule has 2 atom stereocenters. The second-order valence-electron chi connectivity index (χ2n) is 5.99. The summed E-state index contributed by atoms with van der Waals surface area (Å²) in [5.74, 6) is 2.76. The Labute approximate surface area is 130 Å². The van der Waals surface area contributed by atoms with Crippen LogP contribution in [0.4, 0.5) is 11.9 Å². The third-order valence-electron chi connectivity index (χ3n) is 4.50. The molecule has 0 bridgehead atoms. The number of hydrogen-bond acceptors (Lipinski definition) is 6. The third kappa shape index (κ3) is 3.37. The molecule has 2 aliphatic heterocycles. The Hall–Kier alpha value is -1.14. The van der Waals surface area contributed by atoms with E-state index in [1.165, 1.54) is 0 Å². The van der Waals surface area contributed by atoms with E-state index in [4.69, 9.17) is 16.3 Å². The van der Waals surface area contributed by atoms with Gasteiger partial charge in [0.05, 0.1) is 13.2 Å². The number of halogens is 1. The third-order valence-corrected chi connectivity index (χ3v) is 4.66. The lowest BCUT2D eigenvalue weighted by molar-refractivity contribution is 0.122. The van der Waals surface area contributed by atoms with Crippen molar-refractivity contribution in [3.8, 4) is 0 Å². The molecule has 1 aromatic heterocycles. The molecule has 2 aliphatic rings. The number of hydrogen-bond donors (Lipinski definition) is 0. The zero-order chi connectivity index (χ0) is 14.8. The maximum absolute atomic E-state index is 6.11. The van der Waals surface area contributed by atoms with Crippen LogP contribution in [0.3, 0.4) is 0 Å². The van der Waals surface area contributed by atoms with Crippen LogP contribution in [0.15, 0.2) is 0 Å². The molecule has 0 spiro atoms. The van der Waals surface area contributed by atoms with Crippen LogP contribution in [-0.2, 0) is 4.74 Å². The number of morpholine rings is 1. The highest BCUT2D eigenvalue weighted by atomic mass is 35.5.